The van der Waals surface area contributed by atoms with E-state index in [2.05, 4.69) is 21.2 Å². The van der Waals surface area contributed by atoms with Gasteiger partial charge in [-0.15, -0.1) is 0 Å². The Bertz CT molecular complexity index is 617. The van der Waals surface area contributed by atoms with Crippen molar-refractivity contribution >= 4 is 21.6 Å². The van der Waals surface area contributed by atoms with Gasteiger partial charge in [0.15, 0.2) is 0 Å². The van der Waals surface area contributed by atoms with E-state index >= 15 is 0 Å². The zero-order valence-corrected chi connectivity index (χ0v) is 11.9. The Hall–Kier alpha value is -1.86. The third kappa shape index (κ3) is 3.33. The molecule has 0 heterocycles. The first-order valence-electron chi connectivity index (χ1n) is 5.82. The van der Waals surface area contributed by atoms with E-state index in [4.69, 9.17) is 5.26 Å². The van der Waals surface area contributed by atoms with Gasteiger partial charge in [0.2, 0.25) is 0 Å². The number of anilines is 1. The molecular formula is C15H12BrFN2. The summed E-state index contributed by atoms with van der Waals surface area (Å²) in [5.74, 6) is -0.404. The summed E-state index contributed by atoms with van der Waals surface area (Å²) in [5.41, 5.74) is 2.04. The summed E-state index contributed by atoms with van der Waals surface area (Å²) in [5, 5.41) is 12.2. The number of hydrogen-bond donors (Lipinski definition) is 1. The molecule has 2 aromatic rings. The molecule has 0 aliphatic heterocycles. The van der Waals surface area contributed by atoms with E-state index in [0.717, 1.165) is 10.0 Å². The third-order valence-electron chi connectivity index (χ3n) is 2.84. The average molecular weight is 319 g/mol. The molecule has 0 radical (unpaired) electrons. The summed E-state index contributed by atoms with van der Waals surface area (Å²) < 4.78 is 14.1. The second-order valence-corrected chi connectivity index (χ2v) is 5.13. The Kier molecular flexibility index (Phi) is 4.18. The van der Waals surface area contributed by atoms with E-state index in [0.29, 0.717) is 11.3 Å². The minimum absolute atomic E-state index is 0.0330. The highest BCUT2D eigenvalue weighted by Gasteiger charge is 2.09. The van der Waals surface area contributed by atoms with Gasteiger partial charge in [0.05, 0.1) is 11.3 Å². The summed E-state index contributed by atoms with van der Waals surface area (Å²) in [6.45, 7) is 1.99. The number of hydrogen-bond acceptors (Lipinski definition) is 2. The topological polar surface area (TPSA) is 35.8 Å². The van der Waals surface area contributed by atoms with Crippen LogP contribution in [0.25, 0.3) is 0 Å². The number of nitrogens with zero attached hydrogens (tertiary/aromatic N) is 1. The van der Waals surface area contributed by atoms with E-state index in [1.807, 2.05) is 37.3 Å². The Morgan fingerprint density at radius 1 is 1.21 bits per heavy atom. The largest absolute Gasteiger partial charge is 0.377 e. The van der Waals surface area contributed by atoms with E-state index in [9.17, 15) is 4.39 Å². The van der Waals surface area contributed by atoms with Gasteiger partial charge in [-0.3, -0.25) is 0 Å². The molecule has 1 atom stereocenters. The van der Waals surface area contributed by atoms with Gasteiger partial charge < -0.3 is 5.32 Å². The summed E-state index contributed by atoms with van der Waals surface area (Å²) >= 11 is 3.39. The molecule has 1 unspecified atom stereocenters. The average Bonchev–Trinajstić information content (AvgIpc) is 2.41. The van der Waals surface area contributed by atoms with Crippen molar-refractivity contribution in [3.63, 3.8) is 0 Å². The first-order chi connectivity index (χ1) is 9.10. The van der Waals surface area contributed by atoms with Gasteiger partial charge in [-0.1, -0.05) is 28.1 Å². The van der Waals surface area contributed by atoms with Crippen LogP contribution in [0.15, 0.2) is 46.9 Å². The molecule has 2 nitrogen and oxygen atoms in total. The van der Waals surface area contributed by atoms with Crippen molar-refractivity contribution in [2.75, 3.05) is 5.32 Å². The highest BCUT2D eigenvalue weighted by molar-refractivity contribution is 9.10. The van der Waals surface area contributed by atoms with E-state index in [-0.39, 0.29) is 6.04 Å². The summed E-state index contributed by atoms with van der Waals surface area (Å²) in [6.07, 6.45) is 0. The zero-order chi connectivity index (χ0) is 13.8. The lowest BCUT2D eigenvalue weighted by Crippen LogP contribution is -2.07. The Labute approximate surface area is 120 Å². The smallest absolute Gasteiger partial charge is 0.124 e. The van der Waals surface area contributed by atoms with Crippen LogP contribution in [0.5, 0.6) is 0 Å². The molecule has 0 aliphatic rings. The molecule has 0 aliphatic carbocycles. The van der Waals surface area contributed by atoms with Crippen LogP contribution in [-0.4, -0.2) is 0 Å². The molecule has 1 N–H and O–H groups in total. The van der Waals surface area contributed by atoms with Crippen LogP contribution < -0.4 is 5.32 Å². The summed E-state index contributed by atoms with van der Waals surface area (Å²) in [6, 6.07) is 14.1. The normalized spacial score (nSPS) is 11.7. The summed E-state index contributed by atoms with van der Waals surface area (Å²) in [4.78, 5) is 0. The second-order valence-electron chi connectivity index (χ2n) is 4.22. The minimum Gasteiger partial charge on any atom is -0.377 e. The quantitative estimate of drug-likeness (QED) is 0.895. The van der Waals surface area contributed by atoms with Crippen LogP contribution in [-0.2, 0) is 0 Å². The lowest BCUT2D eigenvalue weighted by Gasteiger charge is -2.16. The fourth-order valence-corrected chi connectivity index (χ4v) is 2.07. The van der Waals surface area contributed by atoms with E-state index in [1.54, 1.807) is 6.07 Å². The zero-order valence-electron chi connectivity index (χ0n) is 10.3. The molecular weight excluding hydrogens is 307 g/mol. The first-order valence-corrected chi connectivity index (χ1v) is 6.61. The first kappa shape index (κ1) is 13.6. The predicted molar refractivity (Wildman–Crippen MR) is 77.3 cm³/mol. The van der Waals surface area contributed by atoms with Crippen LogP contribution in [0.2, 0.25) is 0 Å². The van der Waals surface area contributed by atoms with Crippen LogP contribution in [0.4, 0.5) is 10.1 Å². The van der Waals surface area contributed by atoms with Crippen molar-refractivity contribution in [3.05, 3.63) is 63.9 Å². The molecule has 0 saturated carbocycles. The maximum absolute atomic E-state index is 13.1. The van der Waals surface area contributed by atoms with Gasteiger partial charge in [0.25, 0.3) is 0 Å². The Morgan fingerprint density at radius 2 is 1.89 bits per heavy atom. The van der Waals surface area contributed by atoms with Crippen LogP contribution in [0.1, 0.15) is 24.1 Å². The molecule has 0 saturated heterocycles. The molecule has 19 heavy (non-hydrogen) atoms. The second kappa shape index (κ2) is 5.85. The van der Waals surface area contributed by atoms with Crippen molar-refractivity contribution in [3.8, 4) is 6.07 Å². The molecule has 2 rings (SSSR count). The lowest BCUT2D eigenvalue weighted by molar-refractivity contribution is 0.627. The minimum atomic E-state index is -0.404. The van der Waals surface area contributed by atoms with E-state index < -0.39 is 5.82 Å². The number of halogens is 2. The van der Waals surface area contributed by atoms with Crippen LogP contribution in [0, 0.1) is 17.1 Å². The van der Waals surface area contributed by atoms with Crippen molar-refractivity contribution in [2.45, 2.75) is 13.0 Å². The van der Waals surface area contributed by atoms with Crippen molar-refractivity contribution < 1.29 is 4.39 Å². The SMILES string of the molecule is CC(Nc1ccc(F)cc1C#N)c1ccc(Br)cc1. The van der Waals surface area contributed by atoms with Gasteiger partial charge in [0, 0.05) is 10.5 Å². The predicted octanol–water partition coefficient (Wildman–Crippen LogP) is 4.63. The van der Waals surface area contributed by atoms with Crippen molar-refractivity contribution in [2.24, 2.45) is 0 Å². The number of benzene rings is 2. The molecule has 4 heteroatoms. The van der Waals surface area contributed by atoms with Gasteiger partial charge in [-0.25, -0.2) is 4.39 Å². The monoisotopic (exact) mass is 318 g/mol. The van der Waals surface area contributed by atoms with Crippen molar-refractivity contribution in [1.82, 2.24) is 0 Å². The van der Waals surface area contributed by atoms with Crippen LogP contribution in [0.3, 0.4) is 0 Å². The molecule has 2 aromatic carbocycles. The molecule has 0 bridgehead atoms. The summed E-state index contributed by atoms with van der Waals surface area (Å²) in [7, 11) is 0. The number of nitriles is 1. The van der Waals surface area contributed by atoms with E-state index in [1.165, 1.54) is 12.1 Å². The Morgan fingerprint density at radius 3 is 2.53 bits per heavy atom. The molecule has 0 amide bonds. The highest BCUT2D eigenvalue weighted by atomic mass is 79.9. The fraction of sp³-hybridized carbons (Fsp3) is 0.133. The van der Waals surface area contributed by atoms with Crippen molar-refractivity contribution in [1.29, 1.82) is 5.26 Å². The number of nitrogens with one attached hydrogen (secondary N) is 1. The molecule has 96 valence electrons. The fourth-order valence-electron chi connectivity index (χ4n) is 1.80. The number of rotatable bonds is 3. The van der Waals surface area contributed by atoms with Gasteiger partial charge in [0.1, 0.15) is 11.9 Å². The highest BCUT2D eigenvalue weighted by Crippen LogP contribution is 2.23. The maximum Gasteiger partial charge on any atom is 0.124 e. The van der Waals surface area contributed by atoms with Gasteiger partial charge in [-0.2, -0.15) is 5.26 Å². The third-order valence-corrected chi connectivity index (χ3v) is 3.37. The van der Waals surface area contributed by atoms with Crippen LogP contribution >= 0.6 is 15.9 Å². The molecule has 0 fully saturated rings. The Balaban J connectivity index is 2.21. The van der Waals surface area contributed by atoms with Gasteiger partial charge >= 0.3 is 0 Å². The lowest BCUT2D eigenvalue weighted by atomic mass is 10.1. The van der Waals surface area contributed by atoms with Gasteiger partial charge in [-0.05, 0) is 42.8 Å². The maximum atomic E-state index is 13.1. The standard InChI is InChI=1S/C15H12BrFN2/c1-10(11-2-4-13(16)5-3-11)19-15-7-6-14(17)8-12(15)9-18/h2-8,10,19H,1H3. The molecule has 0 spiro atoms. The molecule has 0 aromatic heterocycles.